The van der Waals surface area contributed by atoms with Gasteiger partial charge in [0.05, 0.1) is 23.6 Å². The second-order valence-electron chi connectivity index (χ2n) is 5.77. The molecule has 0 spiro atoms. The van der Waals surface area contributed by atoms with Crippen LogP contribution in [-0.4, -0.2) is 22.2 Å². The van der Waals surface area contributed by atoms with Crippen molar-refractivity contribution in [3.8, 4) is 5.88 Å². The Kier molecular flexibility index (Phi) is 4.95. The number of hydrogen-bond donors (Lipinski definition) is 2. The maximum absolute atomic E-state index is 9.62. The number of aromatic nitrogens is 1. The number of anilines is 1. The Bertz CT molecular complexity index is 580. The monoisotopic (exact) mass is 318 g/mol. The average molecular weight is 318 g/mol. The van der Waals surface area contributed by atoms with Crippen molar-refractivity contribution in [1.82, 2.24) is 4.98 Å². The highest BCUT2D eigenvalue weighted by molar-refractivity contribution is 7.15. The van der Waals surface area contributed by atoms with Crippen molar-refractivity contribution in [2.45, 2.75) is 51.4 Å². The van der Waals surface area contributed by atoms with Crippen LogP contribution in [0.5, 0.6) is 5.88 Å². The molecule has 0 radical (unpaired) electrons. The number of benzene rings is 1. The summed E-state index contributed by atoms with van der Waals surface area (Å²) in [6, 6.07) is 10.5. The van der Waals surface area contributed by atoms with Gasteiger partial charge in [-0.15, -0.1) is 0 Å². The molecule has 118 valence electrons. The molecule has 0 bridgehead atoms. The first kappa shape index (κ1) is 15.3. The summed E-state index contributed by atoms with van der Waals surface area (Å²) in [6.07, 6.45) is 4.76. The number of nitrogens with zero attached hydrogens (tertiary/aromatic N) is 1. The van der Waals surface area contributed by atoms with Gasteiger partial charge in [0.2, 0.25) is 5.88 Å². The van der Waals surface area contributed by atoms with Gasteiger partial charge in [-0.25, -0.2) is 0 Å². The Morgan fingerprint density at radius 1 is 1.27 bits per heavy atom. The number of nitrogens with one attached hydrogen (secondary N) is 1. The zero-order valence-electron chi connectivity index (χ0n) is 12.8. The van der Waals surface area contributed by atoms with E-state index in [9.17, 15) is 5.11 Å². The van der Waals surface area contributed by atoms with E-state index in [1.54, 1.807) is 0 Å². The predicted molar refractivity (Wildman–Crippen MR) is 89.4 cm³/mol. The smallest absolute Gasteiger partial charge is 0.226 e. The first-order valence-electron chi connectivity index (χ1n) is 7.81. The predicted octanol–water partition coefficient (Wildman–Crippen LogP) is 4.10. The minimum absolute atomic E-state index is 0.130. The Morgan fingerprint density at radius 3 is 2.77 bits per heavy atom. The van der Waals surface area contributed by atoms with E-state index < -0.39 is 0 Å². The van der Waals surface area contributed by atoms with Gasteiger partial charge < -0.3 is 15.2 Å². The number of thiazole rings is 1. The second-order valence-corrected chi connectivity index (χ2v) is 6.97. The maximum Gasteiger partial charge on any atom is 0.226 e. The molecule has 1 aromatic heterocycles. The number of aromatic hydroxyl groups is 1. The van der Waals surface area contributed by atoms with Crippen molar-refractivity contribution < 1.29 is 9.84 Å². The molecular weight excluding hydrogens is 296 g/mol. The molecule has 1 aliphatic rings. The molecular formula is C17H22N2O2S. The third kappa shape index (κ3) is 3.78. The van der Waals surface area contributed by atoms with Crippen LogP contribution in [0.4, 0.5) is 5.13 Å². The standard InChI is InChI=1S/C17H22N2O2S/c1-12-16(20)19-17(22-12)18-14-9-5-6-10-15(14)21-11-13-7-3-2-4-8-13/h2-4,7-8,14-15,20H,5-6,9-11H2,1H3,(H,18,19)/t14-,15-/m0/s1. The molecule has 2 aromatic rings. The number of rotatable bonds is 5. The average Bonchev–Trinajstić information content (AvgIpc) is 2.85. The highest BCUT2D eigenvalue weighted by Gasteiger charge is 2.26. The van der Waals surface area contributed by atoms with Crippen molar-refractivity contribution in [1.29, 1.82) is 0 Å². The lowest BCUT2D eigenvalue weighted by atomic mass is 9.92. The molecule has 0 amide bonds. The van der Waals surface area contributed by atoms with Crippen molar-refractivity contribution >= 4 is 16.5 Å². The minimum atomic E-state index is 0.130. The highest BCUT2D eigenvalue weighted by atomic mass is 32.1. The molecule has 3 rings (SSSR count). The molecule has 0 unspecified atom stereocenters. The van der Waals surface area contributed by atoms with E-state index in [0.29, 0.717) is 6.61 Å². The fraction of sp³-hybridized carbons (Fsp3) is 0.471. The first-order chi connectivity index (χ1) is 10.7. The molecule has 5 heteroatoms. The number of aryl methyl sites for hydroxylation is 1. The largest absolute Gasteiger partial charge is 0.492 e. The Morgan fingerprint density at radius 2 is 2.05 bits per heavy atom. The van der Waals surface area contributed by atoms with Crippen LogP contribution in [-0.2, 0) is 11.3 Å². The lowest BCUT2D eigenvalue weighted by Crippen LogP contribution is -2.38. The van der Waals surface area contributed by atoms with Crippen LogP contribution >= 0.6 is 11.3 Å². The van der Waals surface area contributed by atoms with E-state index in [2.05, 4.69) is 22.4 Å². The molecule has 1 aromatic carbocycles. The lowest BCUT2D eigenvalue weighted by molar-refractivity contribution is 0.00883. The third-order valence-electron chi connectivity index (χ3n) is 4.09. The molecule has 1 aliphatic carbocycles. The zero-order chi connectivity index (χ0) is 15.4. The molecule has 0 aliphatic heterocycles. The molecule has 0 saturated heterocycles. The zero-order valence-corrected chi connectivity index (χ0v) is 13.6. The van der Waals surface area contributed by atoms with E-state index in [-0.39, 0.29) is 18.0 Å². The SMILES string of the molecule is Cc1sc(N[C@H]2CCCC[C@@H]2OCc2ccccc2)nc1O. The summed E-state index contributed by atoms with van der Waals surface area (Å²) in [7, 11) is 0. The summed E-state index contributed by atoms with van der Waals surface area (Å²) >= 11 is 1.50. The topological polar surface area (TPSA) is 54.4 Å². The third-order valence-corrected chi connectivity index (χ3v) is 4.98. The summed E-state index contributed by atoms with van der Waals surface area (Å²) in [6.45, 7) is 2.52. The normalized spacial score (nSPS) is 21.7. The fourth-order valence-corrected chi connectivity index (χ4v) is 3.62. The van der Waals surface area contributed by atoms with Gasteiger partial charge in [-0.05, 0) is 25.3 Å². The van der Waals surface area contributed by atoms with E-state index >= 15 is 0 Å². The molecule has 2 atom stereocenters. The van der Waals surface area contributed by atoms with Crippen LogP contribution in [0.15, 0.2) is 30.3 Å². The summed E-state index contributed by atoms with van der Waals surface area (Å²) in [5, 5.41) is 13.9. The van der Waals surface area contributed by atoms with Gasteiger partial charge in [0.1, 0.15) is 0 Å². The lowest BCUT2D eigenvalue weighted by Gasteiger charge is -2.32. The van der Waals surface area contributed by atoms with Gasteiger partial charge >= 0.3 is 0 Å². The molecule has 1 heterocycles. The van der Waals surface area contributed by atoms with Gasteiger partial charge in [0.25, 0.3) is 0 Å². The minimum Gasteiger partial charge on any atom is -0.492 e. The van der Waals surface area contributed by atoms with E-state index in [4.69, 9.17) is 4.74 Å². The van der Waals surface area contributed by atoms with Gasteiger partial charge in [0.15, 0.2) is 5.13 Å². The quantitative estimate of drug-likeness (QED) is 0.871. The van der Waals surface area contributed by atoms with E-state index in [1.807, 2.05) is 25.1 Å². The van der Waals surface area contributed by atoms with Crippen molar-refractivity contribution in [3.05, 3.63) is 40.8 Å². The number of hydrogen-bond acceptors (Lipinski definition) is 5. The Hall–Kier alpha value is -1.59. The molecule has 2 N–H and O–H groups in total. The second kappa shape index (κ2) is 7.11. The van der Waals surface area contributed by atoms with Gasteiger partial charge in [-0.2, -0.15) is 4.98 Å². The Labute approximate surface area is 135 Å². The summed E-state index contributed by atoms with van der Waals surface area (Å²) in [5.41, 5.74) is 1.20. The van der Waals surface area contributed by atoms with Crippen LogP contribution in [0.1, 0.15) is 36.1 Å². The Balaban J connectivity index is 1.61. The molecule has 1 saturated carbocycles. The van der Waals surface area contributed by atoms with Gasteiger partial charge in [-0.3, -0.25) is 0 Å². The number of ether oxygens (including phenoxy) is 1. The van der Waals surface area contributed by atoms with Gasteiger partial charge in [-0.1, -0.05) is 54.5 Å². The van der Waals surface area contributed by atoms with Crippen LogP contribution in [0.2, 0.25) is 0 Å². The summed E-state index contributed by atoms with van der Waals surface area (Å²) < 4.78 is 6.14. The van der Waals surface area contributed by atoms with Crippen LogP contribution in [0.25, 0.3) is 0 Å². The summed E-state index contributed by atoms with van der Waals surface area (Å²) in [4.78, 5) is 5.01. The van der Waals surface area contributed by atoms with Crippen molar-refractivity contribution in [2.75, 3.05) is 5.32 Å². The molecule has 1 fully saturated rings. The molecule has 4 nitrogen and oxygen atoms in total. The van der Waals surface area contributed by atoms with Crippen molar-refractivity contribution in [2.24, 2.45) is 0 Å². The maximum atomic E-state index is 9.62. The summed E-state index contributed by atoms with van der Waals surface area (Å²) in [5.74, 6) is 0.130. The van der Waals surface area contributed by atoms with E-state index in [0.717, 1.165) is 22.9 Å². The highest BCUT2D eigenvalue weighted by Crippen LogP contribution is 2.30. The van der Waals surface area contributed by atoms with Crippen LogP contribution in [0, 0.1) is 6.92 Å². The van der Waals surface area contributed by atoms with Crippen molar-refractivity contribution in [3.63, 3.8) is 0 Å². The van der Waals surface area contributed by atoms with Gasteiger partial charge in [0, 0.05) is 0 Å². The first-order valence-corrected chi connectivity index (χ1v) is 8.62. The fourth-order valence-electron chi connectivity index (χ4n) is 2.85. The van der Waals surface area contributed by atoms with Crippen LogP contribution in [0.3, 0.4) is 0 Å². The van der Waals surface area contributed by atoms with Crippen LogP contribution < -0.4 is 5.32 Å². The van der Waals surface area contributed by atoms with E-state index in [1.165, 1.54) is 29.7 Å². The molecule has 22 heavy (non-hydrogen) atoms.